The number of ether oxygens (including phenoxy) is 1. The molecule has 1 aromatic heterocycles. The molecule has 28 heavy (non-hydrogen) atoms. The molecule has 144 valence electrons. The Bertz CT molecular complexity index is 893. The minimum Gasteiger partial charge on any atom is -0.484 e. The molecule has 6 nitrogen and oxygen atoms in total. The Hall–Kier alpha value is -2.93. The zero-order valence-corrected chi connectivity index (χ0v) is 16.3. The minimum atomic E-state index is 0.0190. The molecule has 0 aliphatic carbocycles. The highest BCUT2D eigenvalue weighted by atomic mass is 32.1. The van der Waals surface area contributed by atoms with Crippen LogP contribution in [0.25, 0.3) is 0 Å². The number of para-hydroxylation sites is 1. The van der Waals surface area contributed by atoms with Crippen molar-refractivity contribution in [3.8, 4) is 5.75 Å². The van der Waals surface area contributed by atoms with Crippen LogP contribution in [0.2, 0.25) is 0 Å². The molecule has 0 saturated carbocycles. The first-order valence-corrected chi connectivity index (χ1v) is 10.1. The third-order valence-electron chi connectivity index (χ3n) is 4.67. The number of hydrogen-bond acceptors (Lipinski definition) is 6. The molecule has 0 unspecified atom stereocenters. The highest BCUT2D eigenvalue weighted by Crippen LogP contribution is 2.20. The predicted octanol–water partition coefficient (Wildman–Crippen LogP) is 2.86. The molecule has 1 aliphatic rings. The van der Waals surface area contributed by atoms with E-state index in [-0.39, 0.29) is 12.5 Å². The summed E-state index contributed by atoms with van der Waals surface area (Å²) in [5.41, 5.74) is 1.21. The maximum absolute atomic E-state index is 12.4. The fourth-order valence-corrected chi connectivity index (χ4v) is 3.86. The van der Waals surface area contributed by atoms with Gasteiger partial charge in [0.2, 0.25) is 5.13 Å². The van der Waals surface area contributed by atoms with Gasteiger partial charge in [-0.3, -0.25) is 4.79 Å². The SMILES string of the molecule is O=C(COc1ccccc1)N1CCN(c2nc(Cc3ccccc3)ns2)CC1. The maximum Gasteiger partial charge on any atom is 0.260 e. The van der Waals surface area contributed by atoms with Crippen molar-refractivity contribution in [3.63, 3.8) is 0 Å². The molecule has 2 aromatic carbocycles. The molecule has 1 aliphatic heterocycles. The average Bonchev–Trinajstić information content (AvgIpc) is 3.22. The molecule has 1 amide bonds. The van der Waals surface area contributed by atoms with E-state index in [4.69, 9.17) is 4.74 Å². The second-order valence-electron chi connectivity index (χ2n) is 6.63. The van der Waals surface area contributed by atoms with Crippen molar-refractivity contribution >= 4 is 22.6 Å². The lowest BCUT2D eigenvalue weighted by molar-refractivity contribution is -0.133. The number of hydrogen-bond donors (Lipinski definition) is 0. The first kappa shape index (κ1) is 18.4. The van der Waals surface area contributed by atoms with Gasteiger partial charge in [-0.05, 0) is 17.7 Å². The summed E-state index contributed by atoms with van der Waals surface area (Å²) in [4.78, 5) is 21.1. The number of piperazine rings is 1. The van der Waals surface area contributed by atoms with Crippen LogP contribution in [-0.2, 0) is 11.2 Å². The van der Waals surface area contributed by atoms with E-state index in [0.717, 1.165) is 30.5 Å². The van der Waals surface area contributed by atoms with E-state index in [2.05, 4.69) is 26.4 Å². The Morgan fingerprint density at radius 1 is 0.964 bits per heavy atom. The summed E-state index contributed by atoms with van der Waals surface area (Å²) in [6.45, 7) is 2.94. The second kappa shape index (κ2) is 8.84. The minimum absolute atomic E-state index is 0.0190. The van der Waals surface area contributed by atoms with Crippen molar-refractivity contribution in [2.24, 2.45) is 0 Å². The van der Waals surface area contributed by atoms with Crippen LogP contribution in [0.5, 0.6) is 5.75 Å². The molecule has 3 aromatic rings. The predicted molar refractivity (Wildman–Crippen MR) is 110 cm³/mol. The number of rotatable bonds is 6. The van der Waals surface area contributed by atoms with Gasteiger partial charge in [0.1, 0.15) is 11.6 Å². The fourth-order valence-electron chi connectivity index (χ4n) is 3.12. The van der Waals surface area contributed by atoms with Crippen LogP contribution in [0.4, 0.5) is 5.13 Å². The second-order valence-corrected chi connectivity index (χ2v) is 7.36. The summed E-state index contributed by atoms with van der Waals surface area (Å²) >= 11 is 1.43. The summed E-state index contributed by atoms with van der Waals surface area (Å²) in [7, 11) is 0. The van der Waals surface area contributed by atoms with Crippen LogP contribution in [0, 0.1) is 0 Å². The highest BCUT2D eigenvalue weighted by molar-refractivity contribution is 7.09. The van der Waals surface area contributed by atoms with Gasteiger partial charge in [0.25, 0.3) is 5.91 Å². The van der Waals surface area contributed by atoms with Crippen molar-refractivity contribution in [2.75, 3.05) is 37.7 Å². The molecule has 0 atom stereocenters. The Morgan fingerprint density at radius 2 is 1.64 bits per heavy atom. The van der Waals surface area contributed by atoms with Gasteiger partial charge in [-0.15, -0.1) is 0 Å². The quantitative estimate of drug-likeness (QED) is 0.643. The normalized spacial score (nSPS) is 14.1. The largest absolute Gasteiger partial charge is 0.484 e. The van der Waals surface area contributed by atoms with Gasteiger partial charge < -0.3 is 14.5 Å². The third kappa shape index (κ3) is 4.67. The van der Waals surface area contributed by atoms with E-state index in [1.165, 1.54) is 17.1 Å². The summed E-state index contributed by atoms with van der Waals surface area (Å²) < 4.78 is 10.1. The number of aromatic nitrogens is 2. The van der Waals surface area contributed by atoms with Crippen LogP contribution < -0.4 is 9.64 Å². The first-order chi connectivity index (χ1) is 13.8. The molecule has 1 fully saturated rings. The number of anilines is 1. The van der Waals surface area contributed by atoms with Gasteiger partial charge in [0.05, 0.1) is 0 Å². The van der Waals surface area contributed by atoms with E-state index >= 15 is 0 Å². The van der Waals surface area contributed by atoms with Gasteiger partial charge in [-0.1, -0.05) is 48.5 Å². The Labute approximate surface area is 168 Å². The molecule has 0 radical (unpaired) electrons. The number of amides is 1. The summed E-state index contributed by atoms with van der Waals surface area (Å²) in [6.07, 6.45) is 0.743. The van der Waals surface area contributed by atoms with E-state index < -0.39 is 0 Å². The smallest absolute Gasteiger partial charge is 0.260 e. The lowest BCUT2D eigenvalue weighted by Crippen LogP contribution is -2.50. The number of carbonyl (C=O) groups excluding carboxylic acids is 1. The van der Waals surface area contributed by atoms with Crippen LogP contribution in [0.1, 0.15) is 11.4 Å². The molecule has 4 rings (SSSR count). The zero-order valence-electron chi connectivity index (χ0n) is 15.5. The monoisotopic (exact) mass is 394 g/mol. The molecular weight excluding hydrogens is 372 g/mol. The molecule has 0 N–H and O–H groups in total. The van der Waals surface area contributed by atoms with Gasteiger partial charge in [-0.25, -0.2) is 4.98 Å². The van der Waals surface area contributed by atoms with Crippen LogP contribution >= 0.6 is 11.5 Å². The van der Waals surface area contributed by atoms with Crippen molar-refractivity contribution in [2.45, 2.75) is 6.42 Å². The fraction of sp³-hybridized carbons (Fsp3) is 0.286. The van der Waals surface area contributed by atoms with Gasteiger partial charge >= 0.3 is 0 Å². The van der Waals surface area contributed by atoms with Crippen molar-refractivity contribution in [1.82, 2.24) is 14.3 Å². The summed E-state index contributed by atoms with van der Waals surface area (Å²) in [5.74, 6) is 1.58. The lowest BCUT2D eigenvalue weighted by atomic mass is 10.1. The van der Waals surface area contributed by atoms with Crippen molar-refractivity contribution in [3.05, 3.63) is 72.1 Å². The average molecular weight is 395 g/mol. The first-order valence-electron chi connectivity index (χ1n) is 9.35. The molecule has 0 bridgehead atoms. The Balaban J connectivity index is 1.26. The molecule has 0 spiro atoms. The number of benzene rings is 2. The van der Waals surface area contributed by atoms with Crippen LogP contribution in [0.15, 0.2) is 60.7 Å². The van der Waals surface area contributed by atoms with Gasteiger partial charge in [-0.2, -0.15) is 4.37 Å². The third-order valence-corrected chi connectivity index (χ3v) is 5.49. The summed E-state index contributed by atoms with van der Waals surface area (Å²) in [6, 6.07) is 19.7. The maximum atomic E-state index is 12.4. The van der Waals surface area contributed by atoms with Crippen LogP contribution in [0.3, 0.4) is 0 Å². The number of carbonyl (C=O) groups is 1. The van der Waals surface area contributed by atoms with Gasteiger partial charge in [0, 0.05) is 44.1 Å². The van der Waals surface area contributed by atoms with E-state index in [1.54, 1.807) is 0 Å². The van der Waals surface area contributed by atoms with Crippen LogP contribution in [-0.4, -0.2) is 53.0 Å². The molecule has 7 heteroatoms. The number of nitrogens with zero attached hydrogens (tertiary/aromatic N) is 4. The summed E-state index contributed by atoms with van der Waals surface area (Å²) in [5, 5.41) is 0.929. The standard InChI is InChI=1S/C21H22N4O2S/c26-20(16-27-18-9-5-2-6-10-18)24-11-13-25(14-12-24)21-22-19(23-28-21)15-17-7-3-1-4-8-17/h1-10H,11-16H2. The zero-order chi connectivity index (χ0) is 19.2. The highest BCUT2D eigenvalue weighted by Gasteiger charge is 2.23. The van der Waals surface area contributed by atoms with Crippen molar-refractivity contribution < 1.29 is 9.53 Å². The van der Waals surface area contributed by atoms with E-state index in [9.17, 15) is 4.79 Å². The van der Waals surface area contributed by atoms with E-state index in [0.29, 0.717) is 18.8 Å². The van der Waals surface area contributed by atoms with E-state index in [1.807, 2.05) is 53.4 Å². The topological polar surface area (TPSA) is 58.6 Å². The Morgan fingerprint density at radius 3 is 2.36 bits per heavy atom. The Kier molecular flexibility index (Phi) is 5.82. The lowest BCUT2D eigenvalue weighted by Gasteiger charge is -2.34. The molecule has 1 saturated heterocycles. The van der Waals surface area contributed by atoms with Gasteiger partial charge in [0.15, 0.2) is 6.61 Å². The van der Waals surface area contributed by atoms with Crippen molar-refractivity contribution in [1.29, 1.82) is 0 Å². The molecular formula is C21H22N4O2S. The molecule has 2 heterocycles.